The zero-order valence-electron chi connectivity index (χ0n) is 16.6. The zero-order valence-corrected chi connectivity index (χ0v) is 16.6. The minimum Gasteiger partial charge on any atom is -0.388 e. The van der Waals surface area contributed by atoms with Crippen LogP contribution in [0.2, 0.25) is 0 Å². The van der Waals surface area contributed by atoms with Crippen LogP contribution in [0.25, 0.3) is 0 Å². The molecular formula is C20H35N3O4. The van der Waals surface area contributed by atoms with Gasteiger partial charge in [-0.25, -0.2) is 0 Å². The van der Waals surface area contributed by atoms with Gasteiger partial charge >= 0.3 is 0 Å². The fraction of sp³-hybridized carbons (Fsp3) is 0.900. The Balaban J connectivity index is 1.46. The molecule has 3 aliphatic rings. The molecule has 0 aliphatic carbocycles. The zero-order chi connectivity index (χ0) is 19.3. The molecule has 1 unspecified atom stereocenters. The number of piperidine rings is 1. The summed E-state index contributed by atoms with van der Waals surface area (Å²) >= 11 is 0. The summed E-state index contributed by atoms with van der Waals surface area (Å²) in [5, 5.41) is 14.1. The lowest BCUT2D eigenvalue weighted by Crippen LogP contribution is -2.50. The predicted molar refractivity (Wildman–Crippen MR) is 102 cm³/mol. The molecule has 27 heavy (non-hydrogen) atoms. The third-order valence-corrected chi connectivity index (χ3v) is 6.31. The van der Waals surface area contributed by atoms with Gasteiger partial charge in [-0.1, -0.05) is 0 Å². The Kier molecular flexibility index (Phi) is 7.11. The van der Waals surface area contributed by atoms with Crippen molar-refractivity contribution in [1.82, 2.24) is 15.1 Å². The van der Waals surface area contributed by atoms with E-state index in [0.29, 0.717) is 32.7 Å². The summed E-state index contributed by atoms with van der Waals surface area (Å²) in [5.41, 5.74) is -0.717. The second-order valence-electron chi connectivity index (χ2n) is 8.54. The highest BCUT2D eigenvalue weighted by atomic mass is 16.5. The first-order valence-corrected chi connectivity index (χ1v) is 10.5. The molecule has 0 aromatic carbocycles. The van der Waals surface area contributed by atoms with Gasteiger partial charge in [-0.15, -0.1) is 0 Å². The lowest BCUT2D eigenvalue weighted by atomic mass is 9.92. The first-order chi connectivity index (χ1) is 13.0. The van der Waals surface area contributed by atoms with E-state index in [2.05, 4.69) is 10.2 Å². The Bertz CT molecular complexity index is 515. The topological polar surface area (TPSA) is 82.1 Å². The van der Waals surface area contributed by atoms with E-state index < -0.39 is 5.60 Å². The number of carbonyl (C=O) groups excluding carboxylic acids is 2. The van der Waals surface area contributed by atoms with Gasteiger partial charge in [-0.3, -0.25) is 9.59 Å². The molecular weight excluding hydrogens is 346 g/mol. The molecule has 3 saturated heterocycles. The average Bonchev–Trinajstić information content (AvgIpc) is 2.85. The molecule has 7 heteroatoms. The molecule has 154 valence electrons. The van der Waals surface area contributed by atoms with Gasteiger partial charge < -0.3 is 25.0 Å². The second-order valence-corrected chi connectivity index (χ2v) is 8.54. The number of rotatable bonds is 4. The van der Waals surface area contributed by atoms with Gasteiger partial charge in [0.2, 0.25) is 11.8 Å². The van der Waals surface area contributed by atoms with Crippen molar-refractivity contribution >= 4 is 11.8 Å². The van der Waals surface area contributed by atoms with Gasteiger partial charge in [-0.2, -0.15) is 0 Å². The predicted octanol–water partition coefficient (Wildman–Crippen LogP) is 0.757. The van der Waals surface area contributed by atoms with Crippen LogP contribution in [0, 0.1) is 5.92 Å². The van der Waals surface area contributed by atoms with Crippen molar-refractivity contribution in [3.63, 3.8) is 0 Å². The first kappa shape index (κ1) is 20.6. The van der Waals surface area contributed by atoms with Crippen molar-refractivity contribution in [1.29, 1.82) is 0 Å². The molecule has 3 fully saturated rings. The number of nitrogens with one attached hydrogen (secondary N) is 1. The molecule has 0 aromatic heterocycles. The summed E-state index contributed by atoms with van der Waals surface area (Å²) in [4.78, 5) is 28.3. The number of aliphatic hydroxyl groups is 1. The van der Waals surface area contributed by atoms with Gasteiger partial charge in [0.15, 0.2) is 0 Å². The smallest absolute Gasteiger partial charge is 0.225 e. The number of likely N-dealkylation sites (tertiary alicyclic amines) is 2. The molecule has 2 N–H and O–H groups in total. The lowest BCUT2D eigenvalue weighted by Gasteiger charge is -2.38. The molecule has 7 nitrogen and oxygen atoms in total. The number of amides is 2. The third-order valence-electron chi connectivity index (χ3n) is 6.31. The normalized spacial score (nSPS) is 29.3. The second kappa shape index (κ2) is 9.34. The summed E-state index contributed by atoms with van der Waals surface area (Å²) in [6.07, 6.45) is 5.76. The molecule has 1 atom stereocenters. The van der Waals surface area contributed by atoms with E-state index in [1.165, 1.54) is 0 Å². The average molecular weight is 382 g/mol. The van der Waals surface area contributed by atoms with E-state index in [1.807, 2.05) is 4.90 Å². The number of β-amino-alcohol motifs (C(OH)–C–C–N with tert-alkyl or cyclic N) is 1. The highest BCUT2D eigenvalue weighted by Crippen LogP contribution is 2.27. The molecule has 2 amide bonds. The minimum absolute atomic E-state index is 0.0325. The third kappa shape index (κ3) is 5.90. The highest BCUT2D eigenvalue weighted by molar-refractivity contribution is 5.79. The molecule has 3 heterocycles. The fourth-order valence-electron chi connectivity index (χ4n) is 4.70. The summed E-state index contributed by atoms with van der Waals surface area (Å²) in [6.45, 7) is 6.80. The maximum atomic E-state index is 12.8. The van der Waals surface area contributed by atoms with Gasteiger partial charge in [0.1, 0.15) is 0 Å². The molecule has 0 bridgehead atoms. The van der Waals surface area contributed by atoms with Crippen LogP contribution in [0.15, 0.2) is 0 Å². The van der Waals surface area contributed by atoms with Crippen molar-refractivity contribution in [2.75, 3.05) is 45.9 Å². The van der Waals surface area contributed by atoms with Crippen LogP contribution in [-0.4, -0.2) is 84.3 Å². The van der Waals surface area contributed by atoms with E-state index in [9.17, 15) is 14.7 Å². The van der Waals surface area contributed by atoms with Gasteiger partial charge in [-0.05, 0) is 44.9 Å². The summed E-state index contributed by atoms with van der Waals surface area (Å²) in [7, 11) is 0. The number of ether oxygens (including phenoxy) is 1. The maximum Gasteiger partial charge on any atom is 0.225 e. The molecule has 0 spiro atoms. The van der Waals surface area contributed by atoms with E-state index in [-0.39, 0.29) is 23.8 Å². The Morgan fingerprint density at radius 1 is 1.07 bits per heavy atom. The van der Waals surface area contributed by atoms with Gasteiger partial charge in [0, 0.05) is 64.8 Å². The van der Waals surface area contributed by atoms with E-state index in [4.69, 9.17) is 4.74 Å². The van der Waals surface area contributed by atoms with Crippen LogP contribution in [0.1, 0.15) is 51.9 Å². The molecule has 3 aliphatic heterocycles. The monoisotopic (exact) mass is 381 g/mol. The van der Waals surface area contributed by atoms with Gasteiger partial charge in [0.05, 0.1) is 5.60 Å². The highest BCUT2D eigenvalue weighted by Gasteiger charge is 2.36. The number of nitrogens with zero attached hydrogens (tertiary/aromatic N) is 2. The van der Waals surface area contributed by atoms with E-state index in [0.717, 1.165) is 58.2 Å². The molecule has 0 aromatic rings. The van der Waals surface area contributed by atoms with Gasteiger partial charge in [0.25, 0.3) is 0 Å². The molecule has 3 rings (SSSR count). The number of hydrogen-bond acceptors (Lipinski definition) is 5. The minimum atomic E-state index is -0.717. The van der Waals surface area contributed by atoms with Crippen molar-refractivity contribution in [3.8, 4) is 0 Å². The fourth-order valence-corrected chi connectivity index (χ4v) is 4.70. The van der Waals surface area contributed by atoms with Crippen molar-refractivity contribution < 1.29 is 19.4 Å². The van der Waals surface area contributed by atoms with Crippen molar-refractivity contribution in [2.24, 2.45) is 5.92 Å². The first-order valence-electron chi connectivity index (χ1n) is 10.5. The standard InChI is InChI=1S/C20H35N3O4/c1-16(24)21-18-3-10-22(11-4-18)15-20(26)7-2-9-23(12-8-20)19(25)17-5-13-27-14-6-17/h17-18,26H,2-15H2,1H3,(H,21,24). The van der Waals surface area contributed by atoms with Crippen molar-refractivity contribution in [3.05, 3.63) is 0 Å². The maximum absolute atomic E-state index is 12.8. The Labute approximate surface area is 162 Å². The molecule has 0 saturated carbocycles. The Morgan fingerprint density at radius 2 is 1.78 bits per heavy atom. The van der Waals surface area contributed by atoms with Crippen LogP contribution >= 0.6 is 0 Å². The van der Waals surface area contributed by atoms with Crippen LogP contribution in [0.5, 0.6) is 0 Å². The van der Waals surface area contributed by atoms with Crippen LogP contribution in [0.4, 0.5) is 0 Å². The lowest BCUT2D eigenvalue weighted by molar-refractivity contribution is -0.138. The largest absolute Gasteiger partial charge is 0.388 e. The molecule has 0 radical (unpaired) electrons. The SMILES string of the molecule is CC(=O)NC1CCN(CC2(O)CCCN(C(=O)C3CCOCC3)CC2)CC1. The van der Waals surface area contributed by atoms with Crippen LogP contribution in [0.3, 0.4) is 0 Å². The van der Waals surface area contributed by atoms with Crippen molar-refractivity contribution in [2.45, 2.75) is 63.5 Å². The van der Waals surface area contributed by atoms with Crippen LogP contribution < -0.4 is 5.32 Å². The Hall–Kier alpha value is -1.18. The quantitative estimate of drug-likeness (QED) is 0.751. The number of hydrogen-bond donors (Lipinski definition) is 2. The van der Waals surface area contributed by atoms with Crippen LogP contribution in [-0.2, 0) is 14.3 Å². The van der Waals surface area contributed by atoms with E-state index in [1.54, 1.807) is 6.92 Å². The number of carbonyl (C=O) groups is 2. The van der Waals surface area contributed by atoms with E-state index >= 15 is 0 Å². The summed E-state index contributed by atoms with van der Waals surface area (Å²) < 4.78 is 5.37. The Morgan fingerprint density at radius 3 is 2.44 bits per heavy atom. The summed E-state index contributed by atoms with van der Waals surface area (Å²) in [6, 6.07) is 0.259. The summed E-state index contributed by atoms with van der Waals surface area (Å²) in [5.74, 6) is 0.376.